The molecule has 0 aliphatic carbocycles. The molecule has 6 heteroatoms. The van der Waals surface area contributed by atoms with Crippen molar-refractivity contribution < 1.29 is 0 Å². The van der Waals surface area contributed by atoms with Gasteiger partial charge in [-0.2, -0.15) is 10.2 Å². The maximum atomic E-state index is 11.5. The Hall–Kier alpha value is -1.95. The minimum atomic E-state index is -0.249. The van der Waals surface area contributed by atoms with E-state index in [0.29, 0.717) is 5.52 Å². The van der Waals surface area contributed by atoms with E-state index in [9.17, 15) is 4.79 Å². The van der Waals surface area contributed by atoms with Crippen molar-refractivity contribution in [2.75, 3.05) is 0 Å². The summed E-state index contributed by atoms with van der Waals surface area (Å²) in [6, 6.07) is 9.49. The number of hydrogen-bond acceptors (Lipinski definition) is 3. The quantitative estimate of drug-likeness (QED) is 0.744. The van der Waals surface area contributed by atoms with Gasteiger partial charge in [-0.25, -0.2) is 9.61 Å². The Morgan fingerprint density at radius 2 is 2.18 bits per heavy atom. The summed E-state index contributed by atoms with van der Waals surface area (Å²) in [5.74, 6) is 0. The second-order valence-corrected chi connectivity index (χ2v) is 4.47. The van der Waals surface area contributed by atoms with E-state index in [1.54, 1.807) is 6.07 Å². The zero-order chi connectivity index (χ0) is 11.8. The predicted molar refractivity (Wildman–Crippen MR) is 66.7 cm³/mol. The van der Waals surface area contributed by atoms with E-state index in [1.165, 1.54) is 10.8 Å². The third kappa shape index (κ3) is 1.76. The van der Waals surface area contributed by atoms with Crippen molar-refractivity contribution in [2.24, 2.45) is 0 Å². The van der Waals surface area contributed by atoms with Crippen molar-refractivity contribution in [2.45, 2.75) is 0 Å². The summed E-state index contributed by atoms with van der Waals surface area (Å²) in [5, 5.41) is 10.4. The summed E-state index contributed by atoms with van der Waals surface area (Å²) >= 11 is 3.40. The van der Waals surface area contributed by atoms with Gasteiger partial charge in [0.15, 0.2) is 0 Å². The molecule has 0 saturated carbocycles. The predicted octanol–water partition coefficient (Wildman–Crippen LogP) is 1.85. The molecule has 1 N–H and O–H groups in total. The molecule has 5 nitrogen and oxygen atoms in total. The third-order valence-corrected chi connectivity index (χ3v) is 2.92. The third-order valence-electron chi connectivity index (χ3n) is 2.42. The summed E-state index contributed by atoms with van der Waals surface area (Å²) in [7, 11) is 0. The number of H-pyrrole nitrogens is 1. The number of halogens is 1. The lowest BCUT2D eigenvalue weighted by Crippen LogP contribution is -2.10. The number of fused-ring (bicyclic) bond motifs is 1. The molecule has 0 unspecified atom stereocenters. The van der Waals surface area contributed by atoms with E-state index in [1.807, 2.05) is 24.3 Å². The van der Waals surface area contributed by atoms with Crippen LogP contribution in [0, 0.1) is 0 Å². The van der Waals surface area contributed by atoms with E-state index in [-0.39, 0.29) is 5.56 Å². The van der Waals surface area contributed by atoms with Crippen LogP contribution in [0.25, 0.3) is 16.8 Å². The molecular weight excluding hydrogens is 284 g/mol. The Balaban J connectivity index is 2.25. The number of benzene rings is 1. The smallest absolute Gasteiger partial charge is 0.266 e. The highest BCUT2D eigenvalue weighted by Crippen LogP contribution is 2.21. The Morgan fingerprint density at radius 3 is 2.94 bits per heavy atom. The molecule has 0 radical (unpaired) electrons. The molecule has 3 aromatic rings. The Labute approximate surface area is 104 Å². The van der Waals surface area contributed by atoms with Crippen molar-refractivity contribution >= 4 is 21.4 Å². The lowest BCUT2D eigenvalue weighted by atomic mass is 10.1. The first-order valence-electron chi connectivity index (χ1n) is 4.93. The van der Waals surface area contributed by atoms with Crippen molar-refractivity contribution in [3.05, 3.63) is 51.5 Å². The minimum absolute atomic E-state index is 0.249. The number of aromatic amines is 1. The fourth-order valence-electron chi connectivity index (χ4n) is 1.64. The van der Waals surface area contributed by atoms with Gasteiger partial charge in [-0.05, 0) is 18.2 Å². The van der Waals surface area contributed by atoms with Crippen LogP contribution in [-0.2, 0) is 0 Å². The first-order valence-corrected chi connectivity index (χ1v) is 5.72. The van der Waals surface area contributed by atoms with Crippen LogP contribution in [0.1, 0.15) is 0 Å². The molecule has 0 saturated heterocycles. The highest BCUT2D eigenvalue weighted by atomic mass is 79.9. The molecule has 0 aliphatic heterocycles. The van der Waals surface area contributed by atoms with Gasteiger partial charge in [-0.1, -0.05) is 28.1 Å². The fraction of sp³-hybridized carbons (Fsp3) is 0. The molecule has 17 heavy (non-hydrogen) atoms. The Morgan fingerprint density at radius 1 is 1.29 bits per heavy atom. The number of nitrogens with zero attached hydrogens (tertiary/aromatic N) is 3. The second kappa shape index (κ2) is 3.81. The van der Waals surface area contributed by atoms with E-state index in [0.717, 1.165) is 15.7 Å². The van der Waals surface area contributed by atoms with Gasteiger partial charge >= 0.3 is 0 Å². The van der Waals surface area contributed by atoms with Crippen molar-refractivity contribution in [3.63, 3.8) is 0 Å². The van der Waals surface area contributed by atoms with Crippen LogP contribution in [0.15, 0.2) is 45.9 Å². The molecule has 2 heterocycles. The molecule has 0 spiro atoms. The van der Waals surface area contributed by atoms with Crippen molar-refractivity contribution in [3.8, 4) is 11.3 Å². The summed E-state index contributed by atoms with van der Waals surface area (Å²) < 4.78 is 2.44. The first-order chi connectivity index (χ1) is 8.24. The van der Waals surface area contributed by atoms with Gasteiger partial charge in [0.2, 0.25) is 0 Å². The van der Waals surface area contributed by atoms with Gasteiger partial charge < -0.3 is 0 Å². The standard InChI is InChI=1S/C11H7BrN4O/c12-8-3-1-2-7(4-8)9-5-10-11(17)14-13-6-16(10)15-9/h1-6H,(H,14,17). The largest absolute Gasteiger partial charge is 0.290 e. The summed E-state index contributed by atoms with van der Waals surface area (Å²) in [5.41, 5.74) is 1.92. The van der Waals surface area contributed by atoms with Crippen LogP contribution < -0.4 is 5.56 Å². The van der Waals surface area contributed by atoms with Crippen LogP contribution in [0.4, 0.5) is 0 Å². The van der Waals surface area contributed by atoms with Crippen molar-refractivity contribution in [1.82, 2.24) is 19.8 Å². The van der Waals surface area contributed by atoms with Crippen LogP contribution in [0.3, 0.4) is 0 Å². The molecule has 84 valence electrons. The van der Waals surface area contributed by atoms with E-state index in [2.05, 4.69) is 31.2 Å². The molecule has 3 rings (SSSR count). The Bertz CT molecular complexity index is 746. The second-order valence-electron chi connectivity index (χ2n) is 3.56. The molecule has 0 amide bonds. The van der Waals surface area contributed by atoms with Gasteiger partial charge in [0.1, 0.15) is 11.8 Å². The fourth-order valence-corrected chi connectivity index (χ4v) is 2.04. The lowest BCUT2D eigenvalue weighted by molar-refractivity contribution is 0.848. The van der Waals surface area contributed by atoms with Gasteiger partial charge in [-0.3, -0.25) is 4.79 Å². The summed E-state index contributed by atoms with van der Waals surface area (Å²) in [6.45, 7) is 0. The highest BCUT2D eigenvalue weighted by molar-refractivity contribution is 9.10. The Kier molecular flexibility index (Phi) is 2.29. The number of nitrogens with one attached hydrogen (secondary N) is 1. The van der Waals surface area contributed by atoms with Crippen LogP contribution in [0.5, 0.6) is 0 Å². The molecule has 0 aliphatic rings. The zero-order valence-electron chi connectivity index (χ0n) is 8.59. The number of rotatable bonds is 1. The molecule has 0 bridgehead atoms. The van der Waals surface area contributed by atoms with E-state index < -0.39 is 0 Å². The van der Waals surface area contributed by atoms with E-state index >= 15 is 0 Å². The van der Waals surface area contributed by atoms with Gasteiger partial charge in [0.05, 0.1) is 5.69 Å². The molecule has 2 aromatic heterocycles. The normalized spacial score (nSPS) is 10.9. The summed E-state index contributed by atoms with van der Waals surface area (Å²) in [6.07, 6.45) is 1.47. The van der Waals surface area contributed by atoms with Crippen LogP contribution >= 0.6 is 15.9 Å². The minimum Gasteiger partial charge on any atom is -0.266 e. The number of aromatic nitrogens is 4. The first kappa shape index (κ1) is 10.2. The van der Waals surface area contributed by atoms with Gasteiger partial charge in [0, 0.05) is 10.0 Å². The van der Waals surface area contributed by atoms with E-state index in [4.69, 9.17) is 0 Å². The van der Waals surface area contributed by atoms with Gasteiger partial charge in [-0.15, -0.1) is 0 Å². The molecule has 0 fully saturated rings. The topological polar surface area (TPSA) is 63.0 Å². The average molecular weight is 291 g/mol. The van der Waals surface area contributed by atoms with Crippen molar-refractivity contribution in [1.29, 1.82) is 0 Å². The molecule has 1 aromatic carbocycles. The maximum Gasteiger partial charge on any atom is 0.290 e. The van der Waals surface area contributed by atoms with Crippen LogP contribution in [-0.4, -0.2) is 19.8 Å². The molecular formula is C11H7BrN4O. The monoisotopic (exact) mass is 290 g/mol. The lowest BCUT2D eigenvalue weighted by Gasteiger charge is -1.95. The number of hydrogen-bond donors (Lipinski definition) is 1. The highest BCUT2D eigenvalue weighted by Gasteiger charge is 2.07. The molecule has 0 atom stereocenters. The average Bonchev–Trinajstić information content (AvgIpc) is 2.74. The van der Waals surface area contributed by atoms with Crippen LogP contribution in [0.2, 0.25) is 0 Å². The SMILES string of the molecule is O=c1[nH]ncn2nc(-c3cccc(Br)c3)cc12. The zero-order valence-corrected chi connectivity index (χ0v) is 10.2. The maximum absolute atomic E-state index is 11.5. The van der Waals surface area contributed by atoms with Gasteiger partial charge in [0.25, 0.3) is 5.56 Å². The summed E-state index contributed by atoms with van der Waals surface area (Å²) in [4.78, 5) is 11.5.